The molecular weight excluding hydrogens is 436 g/mol. The first kappa shape index (κ1) is 15.5. The minimum atomic E-state index is -1.20. The van der Waals surface area contributed by atoms with E-state index in [9.17, 15) is 5.11 Å². The van der Waals surface area contributed by atoms with Crippen molar-refractivity contribution in [1.29, 1.82) is 0 Å². The van der Waals surface area contributed by atoms with Crippen molar-refractivity contribution in [3.63, 3.8) is 0 Å². The van der Waals surface area contributed by atoms with E-state index in [1.165, 1.54) is 32.1 Å². The summed E-state index contributed by atoms with van der Waals surface area (Å²) in [6.07, 6.45) is 6.93. The summed E-state index contributed by atoms with van der Waals surface area (Å²) in [4.78, 5) is 0. The third kappa shape index (κ3) is 3.42. The Morgan fingerprint density at radius 3 is 2.44 bits per heavy atom. The molecule has 5 unspecified atom stereocenters. The number of hydrogen-bond acceptors (Lipinski definition) is 2. The van der Waals surface area contributed by atoms with Gasteiger partial charge < -0.3 is 0 Å². The van der Waals surface area contributed by atoms with Crippen molar-refractivity contribution >= 4 is 8.25 Å². The van der Waals surface area contributed by atoms with Gasteiger partial charge in [-0.15, -0.1) is 0 Å². The average molecular weight is 461 g/mol. The summed E-state index contributed by atoms with van der Waals surface area (Å²) in [6.45, 7) is 4.30. The van der Waals surface area contributed by atoms with E-state index < -0.39 is 23.3 Å². The predicted molar refractivity (Wildman–Crippen MR) is 70.2 cm³/mol. The Bertz CT molecular complexity index is 256. The first-order chi connectivity index (χ1) is 8.65. The van der Waals surface area contributed by atoms with Gasteiger partial charge in [-0.3, -0.25) is 0 Å². The van der Waals surface area contributed by atoms with Crippen molar-refractivity contribution in [2.24, 2.45) is 17.8 Å². The molecular formula is C14H25ClHgO2. The van der Waals surface area contributed by atoms with Crippen LogP contribution in [0, 0.1) is 17.8 Å². The van der Waals surface area contributed by atoms with Crippen LogP contribution in [0.15, 0.2) is 0 Å². The van der Waals surface area contributed by atoms with Crippen molar-refractivity contribution in [3.8, 4) is 0 Å². The van der Waals surface area contributed by atoms with Crippen LogP contribution in [0.25, 0.3) is 0 Å². The normalized spacial score (nSPS) is 42.6. The fourth-order valence-corrected chi connectivity index (χ4v) is 9.08. The predicted octanol–water partition coefficient (Wildman–Crippen LogP) is 3.62. The Morgan fingerprint density at radius 2 is 1.83 bits per heavy atom. The summed E-state index contributed by atoms with van der Waals surface area (Å²) in [7, 11) is 6.08. The SMILES string of the molecule is CC1C([CH2][Hg][Cl])OC(C2CCCCC2)C(C)C1O. The number of halogens is 1. The zero-order chi connectivity index (χ0) is 13.1. The minimum absolute atomic E-state index is 0.202. The topological polar surface area (TPSA) is 29.5 Å². The van der Waals surface area contributed by atoms with Gasteiger partial charge in [0.2, 0.25) is 0 Å². The summed E-state index contributed by atoms with van der Waals surface area (Å²) in [5, 5.41) is 10.4. The van der Waals surface area contributed by atoms with Gasteiger partial charge in [0.1, 0.15) is 0 Å². The molecule has 2 fully saturated rings. The number of ether oxygens (including phenoxy) is 1. The zero-order valence-corrected chi connectivity index (χ0v) is 17.9. The van der Waals surface area contributed by atoms with E-state index in [0.29, 0.717) is 5.92 Å². The molecule has 0 aromatic carbocycles. The molecule has 0 bridgehead atoms. The van der Waals surface area contributed by atoms with Crippen LogP contribution in [0.1, 0.15) is 46.0 Å². The number of rotatable bonds is 3. The van der Waals surface area contributed by atoms with Crippen LogP contribution in [-0.2, 0) is 28.1 Å². The maximum absolute atomic E-state index is 10.4. The van der Waals surface area contributed by atoms with Crippen LogP contribution in [0.5, 0.6) is 0 Å². The summed E-state index contributed by atoms with van der Waals surface area (Å²) in [6, 6.07) is 0. The van der Waals surface area contributed by atoms with Crippen LogP contribution in [0.4, 0.5) is 0 Å². The van der Waals surface area contributed by atoms with Gasteiger partial charge in [0.15, 0.2) is 0 Å². The van der Waals surface area contributed by atoms with Crippen molar-refractivity contribution in [2.75, 3.05) is 0 Å². The van der Waals surface area contributed by atoms with Crippen molar-refractivity contribution in [1.82, 2.24) is 0 Å². The molecule has 0 aromatic heterocycles. The van der Waals surface area contributed by atoms with Crippen LogP contribution in [0.2, 0.25) is 3.93 Å². The van der Waals surface area contributed by atoms with Crippen LogP contribution in [0.3, 0.4) is 0 Å². The fraction of sp³-hybridized carbons (Fsp3) is 1.00. The second kappa shape index (κ2) is 7.24. The molecule has 5 atom stereocenters. The van der Waals surface area contributed by atoms with E-state index in [4.69, 9.17) is 13.0 Å². The van der Waals surface area contributed by atoms with Gasteiger partial charge in [-0.05, 0) is 0 Å². The molecule has 2 nitrogen and oxygen atoms in total. The summed E-state index contributed by atoms with van der Waals surface area (Å²) < 4.78 is 7.45. The molecule has 1 saturated carbocycles. The van der Waals surface area contributed by atoms with Crippen LogP contribution >= 0.6 is 8.25 Å². The van der Waals surface area contributed by atoms with E-state index in [1.807, 2.05) is 0 Å². The number of aliphatic hydroxyl groups is 1. The van der Waals surface area contributed by atoms with E-state index >= 15 is 0 Å². The second-order valence-corrected chi connectivity index (χ2v) is 13.3. The van der Waals surface area contributed by atoms with Crippen molar-refractivity contribution in [3.05, 3.63) is 0 Å². The third-order valence-electron chi connectivity index (χ3n) is 5.02. The Kier molecular flexibility index (Phi) is 6.25. The molecule has 102 valence electrons. The van der Waals surface area contributed by atoms with Gasteiger partial charge in [-0.2, -0.15) is 0 Å². The van der Waals surface area contributed by atoms with E-state index in [1.54, 1.807) is 0 Å². The van der Waals surface area contributed by atoms with E-state index in [0.717, 1.165) is 3.93 Å². The standard InChI is InChI=1S/C14H25O2.ClH.Hg/c1-9-11(3)16-14(10(2)13(9)15)12-7-5-4-6-8-12;;/h9-15H,3-8H2,1-2H3;1H;/q;;+1/p-1. The van der Waals surface area contributed by atoms with Gasteiger partial charge in [-0.1, -0.05) is 0 Å². The van der Waals surface area contributed by atoms with Crippen molar-refractivity contribution in [2.45, 2.75) is 68.2 Å². The molecule has 2 rings (SSSR count). The molecule has 0 spiro atoms. The summed E-state index contributed by atoms with van der Waals surface area (Å²) >= 11 is -1.20. The van der Waals surface area contributed by atoms with Crippen LogP contribution in [-0.4, -0.2) is 23.4 Å². The summed E-state index contributed by atoms with van der Waals surface area (Å²) in [5.41, 5.74) is 0. The van der Waals surface area contributed by atoms with Gasteiger partial charge in [-0.25, -0.2) is 0 Å². The average Bonchev–Trinajstić information content (AvgIpc) is 2.40. The Hall–Kier alpha value is 1.15. The molecule has 2 aliphatic rings. The van der Waals surface area contributed by atoms with E-state index in [2.05, 4.69) is 13.8 Å². The molecule has 18 heavy (non-hydrogen) atoms. The van der Waals surface area contributed by atoms with Crippen LogP contribution < -0.4 is 0 Å². The molecule has 0 amide bonds. The quantitative estimate of drug-likeness (QED) is 0.651. The summed E-state index contributed by atoms with van der Waals surface area (Å²) in [5.74, 6) is 1.22. The maximum atomic E-state index is 10.4. The first-order valence-corrected chi connectivity index (χ1v) is 18.2. The van der Waals surface area contributed by atoms with Gasteiger partial charge in [0.05, 0.1) is 0 Å². The Morgan fingerprint density at radius 1 is 1.17 bits per heavy atom. The first-order valence-electron chi connectivity index (χ1n) is 7.54. The number of hydrogen-bond donors (Lipinski definition) is 1. The van der Waals surface area contributed by atoms with Gasteiger partial charge in [0.25, 0.3) is 0 Å². The Balaban J connectivity index is 2.03. The monoisotopic (exact) mass is 462 g/mol. The molecule has 1 heterocycles. The molecule has 4 heteroatoms. The molecule has 1 aliphatic heterocycles. The van der Waals surface area contributed by atoms with E-state index in [-0.39, 0.29) is 30.1 Å². The van der Waals surface area contributed by atoms with Gasteiger partial charge in [0, 0.05) is 0 Å². The fourth-order valence-electron chi connectivity index (χ4n) is 3.78. The van der Waals surface area contributed by atoms with Crippen molar-refractivity contribution < 1.29 is 33.2 Å². The molecule has 1 saturated heterocycles. The third-order valence-corrected chi connectivity index (χ3v) is 10.00. The zero-order valence-electron chi connectivity index (χ0n) is 11.6. The molecule has 1 aliphatic carbocycles. The second-order valence-electron chi connectivity index (χ2n) is 6.22. The van der Waals surface area contributed by atoms with Gasteiger partial charge >= 0.3 is 127 Å². The number of aliphatic hydroxyl groups excluding tert-OH is 1. The molecule has 0 aromatic rings. The molecule has 1 N–H and O–H groups in total. The molecule has 0 radical (unpaired) electrons. The Labute approximate surface area is 127 Å².